The highest BCUT2D eigenvalue weighted by molar-refractivity contribution is 7.90. The average molecular weight is 490 g/mol. The van der Waals surface area contributed by atoms with Crippen molar-refractivity contribution < 1.29 is 22.7 Å². The Morgan fingerprint density at radius 2 is 2.10 bits per heavy atom. The van der Waals surface area contributed by atoms with E-state index in [0.717, 1.165) is 18.4 Å². The maximum Gasteiger partial charge on any atom is 0.421 e. The van der Waals surface area contributed by atoms with Crippen LogP contribution in [0.5, 0.6) is 5.88 Å². The number of carbonyl (C=O) groups is 1. The fourth-order valence-electron chi connectivity index (χ4n) is 2.55. The minimum atomic E-state index is -3.91. The number of hydrogen-bond donors (Lipinski definition) is 1. The second-order valence-electron chi connectivity index (χ2n) is 6.63. The number of rotatable bonds is 12. The lowest BCUT2D eigenvalue weighted by atomic mass is 10.2. The number of aromatic nitrogens is 2. The molecule has 0 aliphatic carbocycles. The number of hydrogen-bond acceptors (Lipinski definition) is 6. The van der Waals surface area contributed by atoms with Gasteiger partial charge in [0.15, 0.2) is 0 Å². The molecule has 1 amide bonds. The fraction of sp³-hybridized carbons (Fsp3) is 0.400. The molecule has 0 saturated heterocycles. The third kappa shape index (κ3) is 8.43. The molecule has 1 aromatic heterocycles. The van der Waals surface area contributed by atoms with Crippen molar-refractivity contribution in [3.05, 3.63) is 58.2 Å². The van der Waals surface area contributed by atoms with Crippen LogP contribution in [0.25, 0.3) is 0 Å². The Morgan fingerprint density at radius 3 is 2.77 bits per heavy atom. The van der Waals surface area contributed by atoms with E-state index in [4.69, 9.17) is 27.9 Å². The van der Waals surface area contributed by atoms with Crippen molar-refractivity contribution in [3.8, 4) is 5.88 Å². The quantitative estimate of drug-likeness (QED) is 0.354. The first-order valence-corrected chi connectivity index (χ1v) is 12.1. The summed E-state index contributed by atoms with van der Waals surface area (Å²) < 4.78 is 38.2. The normalized spacial score (nSPS) is 11.2. The van der Waals surface area contributed by atoms with Crippen molar-refractivity contribution in [1.82, 2.24) is 14.5 Å². The average Bonchev–Trinajstić information content (AvgIpc) is 3.08. The summed E-state index contributed by atoms with van der Waals surface area (Å²) in [6.07, 6.45) is 2.23. The maximum atomic E-state index is 12.2. The third-order valence-corrected chi connectivity index (χ3v) is 5.93. The van der Waals surface area contributed by atoms with Crippen LogP contribution in [0.15, 0.2) is 36.9 Å². The Labute approximate surface area is 192 Å². The molecule has 8 nitrogen and oxygen atoms in total. The number of nitrogens with one attached hydrogen (secondary N) is 1. The van der Waals surface area contributed by atoms with E-state index in [9.17, 15) is 13.2 Å². The standard InChI is InChI=1S/C20H25Cl2N3O5S/c1-3-5-10-29-19-13-17(8-11-31(27,28)24-20(26)30-9-4-2)25(23-19)14-15-6-7-16(21)12-18(15)22/h4,6-7,12-13H,2-3,5,8-11,14H2,1H3,(H,24,26). The molecule has 2 aromatic rings. The van der Waals surface area contributed by atoms with Gasteiger partial charge in [-0.1, -0.05) is 55.3 Å². The zero-order valence-corrected chi connectivity index (χ0v) is 19.5. The largest absolute Gasteiger partial charge is 0.477 e. The van der Waals surface area contributed by atoms with Crippen molar-refractivity contribution in [2.24, 2.45) is 0 Å². The van der Waals surface area contributed by atoms with Crippen LogP contribution in [-0.2, 0) is 27.7 Å². The molecule has 31 heavy (non-hydrogen) atoms. The first kappa shape index (κ1) is 25.0. The van der Waals surface area contributed by atoms with Crippen molar-refractivity contribution in [2.45, 2.75) is 32.7 Å². The van der Waals surface area contributed by atoms with Gasteiger partial charge in [-0.25, -0.2) is 17.9 Å². The second-order valence-corrected chi connectivity index (χ2v) is 9.31. The van der Waals surface area contributed by atoms with Gasteiger partial charge in [-0.3, -0.25) is 4.68 Å². The Balaban J connectivity index is 2.15. The van der Waals surface area contributed by atoms with Crippen molar-refractivity contribution in [3.63, 3.8) is 0 Å². The van der Waals surface area contributed by atoms with Crippen LogP contribution in [-0.4, -0.2) is 43.3 Å². The van der Waals surface area contributed by atoms with E-state index in [1.807, 2.05) is 11.6 Å². The van der Waals surface area contributed by atoms with E-state index < -0.39 is 16.1 Å². The van der Waals surface area contributed by atoms with Crippen LogP contribution in [0, 0.1) is 0 Å². The summed E-state index contributed by atoms with van der Waals surface area (Å²) in [7, 11) is -3.91. The van der Waals surface area contributed by atoms with Gasteiger partial charge in [-0.15, -0.1) is 5.10 Å². The number of carbonyl (C=O) groups excluding carboxylic acids is 1. The van der Waals surface area contributed by atoms with E-state index in [2.05, 4.69) is 16.4 Å². The zero-order valence-electron chi connectivity index (χ0n) is 17.1. The van der Waals surface area contributed by atoms with E-state index in [0.29, 0.717) is 34.8 Å². The summed E-state index contributed by atoms with van der Waals surface area (Å²) in [6.45, 7) is 6.16. The van der Waals surface area contributed by atoms with Crippen LogP contribution >= 0.6 is 23.2 Å². The van der Waals surface area contributed by atoms with E-state index >= 15 is 0 Å². The lowest BCUT2D eigenvalue weighted by Gasteiger charge is -2.10. The van der Waals surface area contributed by atoms with Crippen LogP contribution in [0.3, 0.4) is 0 Å². The van der Waals surface area contributed by atoms with Gasteiger partial charge in [-0.2, -0.15) is 0 Å². The Morgan fingerprint density at radius 1 is 1.32 bits per heavy atom. The summed E-state index contributed by atoms with van der Waals surface area (Å²) in [5, 5.41) is 5.41. The Hall–Kier alpha value is -2.23. The van der Waals surface area contributed by atoms with Gasteiger partial charge in [0.25, 0.3) is 0 Å². The summed E-state index contributed by atoms with van der Waals surface area (Å²) >= 11 is 12.2. The zero-order chi connectivity index (χ0) is 22.9. The van der Waals surface area contributed by atoms with Gasteiger partial charge in [-0.05, 0) is 24.1 Å². The number of benzene rings is 1. The molecule has 0 fully saturated rings. The van der Waals surface area contributed by atoms with E-state index in [-0.39, 0.29) is 18.8 Å². The molecular formula is C20H25Cl2N3O5S. The lowest BCUT2D eigenvalue weighted by molar-refractivity contribution is 0.165. The highest BCUT2D eigenvalue weighted by Crippen LogP contribution is 2.23. The SMILES string of the molecule is C=CCOC(=O)NS(=O)(=O)CCc1cc(OCCCC)nn1Cc1ccc(Cl)cc1Cl. The van der Waals surface area contributed by atoms with Crippen molar-refractivity contribution in [2.75, 3.05) is 19.0 Å². The monoisotopic (exact) mass is 489 g/mol. The van der Waals surface area contributed by atoms with Gasteiger partial charge in [0.1, 0.15) is 6.61 Å². The summed E-state index contributed by atoms with van der Waals surface area (Å²) in [5.74, 6) is 0.0502. The molecule has 1 N–H and O–H groups in total. The topological polar surface area (TPSA) is 99.5 Å². The molecule has 1 aromatic carbocycles. The fourth-order valence-corrected chi connectivity index (χ4v) is 3.91. The highest BCUT2D eigenvalue weighted by atomic mass is 35.5. The highest BCUT2D eigenvalue weighted by Gasteiger charge is 2.18. The van der Waals surface area contributed by atoms with Crippen molar-refractivity contribution in [1.29, 1.82) is 0 Å². The molecule has 0 spiro atoms. The lowest BCUT2D eigenvalue weighted by Crippen LogP contribution is -2.33. The Kier molecular flexibility index (Phi) is 9.67. The number of sulfonamides is 1. The summed E-state index contributed by atoms with van der Waals surface area (Å²) in [6, 6.07) is 6.81. The molecule has 170 valence electrons. The van der Waals surface area contributed by atoms with Gasteiger partial charge in [0.2, 0.25) is 15.9 Å². The molecule has 0 radical (unpaired) electrons. The minimum absolute atomic E-state index is 0.0889. The molecule has 0 bridgehead atoms. The van der Waals surface area contributed by atoms with E-state index in [1.54, 1.807) is 28.9 Å². The first-order chi connectivity index (χ1) is 14.7. The summed E-state index contributed by atoms with van der Waals surface area (Å²) in [5.41, 5.74) is 1.38. The molecule has 0 aliphatic rings. The molecule has 0 saturated carbocycles. The second kappa shape index (κ2) is 12.0. The van der Waals surface area contributed by atoms with Crippen LogP contribution in [0.4, 0.5) is 4.79 Å². The maximum absolute atomic E-state index is 12.2. The number of halogens is 2. The van der Waals surface area contributed by atoms with Crippen molar-refractivity contribution >= 4 is 39.3 Å². The van der Waals surface area contributed by atoms with E-state index in [1.165, 1.54) is 6.08 Å². The van der Waals surface area contributed by atoms with Crippen LogP contribution in [0.1, 0.15) is 31.0 Å². The number of ether oxygens (including phenoxy) is 2. The predicted molar refractivity (Wildman–Crippen MR) is 120 cm³/mol. The minimum Gasteiger partial charge on any atom is -0.477 e. The number of amides is 1. The molecular weight excluding hydrogens is 465 g/mol. The molecule has 0 unspecified atom stereocenters. The van der Waals surface area contributed by atoms with Gasteiger partial charge in [0, 0.05) is 28.2 Å². The van der Waals surface area contributed by atoms with Gasteiger partial charge < -0.3 is 9.47 Å². The van der Waals surface area contributed by atoms with Crippen LogP contribution in [0.2, 0.25) is 10.0 Å². The summed E-state index contributed by atoms with van der Waals surface area (Å²) in [4.78, 5) is 11.5. The predicted octanol–water partition coefficient (Wildman–Crippen LogP) is 4.20. The Bertz CT molecular complexity index is 1010. The molecule has 11 heteroatoms. The molecule has 0 aliphatic heterocycles. The number of aryl methyl sites for hydroxylation is 1. The smallest absolute Gasteiger partial charge is 0.421 e. The number of nitrogens with zero attached hydrogens (tertiary/aromatic N) is 2. The number of unbranched alkanes of at least 4 members (excludes halogenated alkanes) is 1. The molecule has 1 heterocycles. The van der Waals surface area contributed by atoms with Gasteiger partial charge in [0.05, 0.1) is 18.9 Å². The third-order valence-electron chi connectivity index (χ3n) is 4.12. The first-order valence-electron chi connectivity index (χ1n) is 9.65. The van der Waals surface area contributed by atoms with Gasteiger partial charge >= 0.3 is 6.09 Å². The molecule has 0 atom stereocenters. The van der Waals surface area contributed by atoms with Crippen LogP contribution < -0.4 is 9.46 Å². The molecule has 2 rings (SSSR count).